The molecule has 1 atom stereocenters. The largest absolute Gasteiger partial charge is 0.398 e. The van der Waals surface area contributed by atoms with E-state index in [9.17, 15) is 0 Å². The SMILES string of the molecule is CCCc1c(N)ccc(C(C)CC)c1N. The lowest BCUT2D eigenvalue weighted by Crippen LogP contribution is -2.06. The average Bonchev–Trinajstić information content (AvgIpc) is 2.23. The molecule has 1 aromatic carbocycles. The van der Waals surface area contributed by atoms with Crippen LogP contribution in [0.2, 0.25) is 0 Å². The highest BCUT2D eigenvalue weighted by molar-refractivity contribution is 5.66. The first-order chi connectivity index (χ1) is 7.11. The molecule has 0 aromatic heterocycles. The van der Waals surface area contributed by atoms with Crippen molar-refractivity contribution in [3.8, 4) is 0 Å². The Bertz CT molecular complexity index is 332. The minimum atomic E-state index is 0.515. The summed E-state index contributed by atoms with van der Waals surface area (Å²) in [5.74, 6) is 0.515. The maximum absolute atomic E-state index is 6.17. The highest BCUT2D eigenvalue weighted by Crippen LogP contribution is 2.31. The van der Waals surface area contributed by atoms with E-state index >= 15 is 0 Å². The lowest BCUT2D eigenvalue weighted by Gasteiger charge is -2.17. The Morgan fingerprint density at radius 2 is 1.87 bits per heavy atom. The molecular weight excluding hydrogens is 184 g/mol. The molecule has 0 spiro atoms. The van der Waals surface area contributed by atoms with E-state index in [1.807, 2.05) is 6.07 Å². The molecule has 15 heavy (non-hydrogen) atoms. The molecule has 2 heteroatoms. The summed E-state index contributed by atoms with van der Waals surface area (Å²) in [5.41, 5.74) is 16.2. The van der Waals surface area contributed by atoms with Gasteiger partial charge >= 0.3 is 0 Å². The second-order valence-electron chi connectivity index (χ2n) is 4.20. The van der Waals surface area contributed by atoms with E-state index in [1.54, 1.807) is 0 Å². The first-order valence-electron chi connectivity index (χ1n) is 5.78. The number of rotatable bonds is 4. The van der Waals surface area contributed by atoms with Gasteiger partial charge in [0.05, 0.1) is 0 Å². The predicted molar refractivity (Wildman–Crippen MR) is 68.0 cm³/mol. The van der Waals surface area contributed by atoms with Crippen molar-refractivity contribution in [3.05, 3.63) is 23.3 Å². The van der Waals surface area contributed by atoms with E-state index in [4.69, 9.17) is 11.5 Å². The van der Waals surface area contributed by atoms with Crippen molar-refractivity contribution in [2.24, 2.45) is 0 Å². The molecule has 1 rings (SSSR count). The molecule has 0 amide bonds. The van der Waals surface area contributed by atoms with Gasteiger partial charge in [0.2, 0.25) is 0 Å². The van der Waals surface area contributed by atoms with Crippen LogP contribution in [0.1, 0.15) is 50.7 Å². The summed E-state index contributed by atoms with van der Waals surface area (Å²) in [4.78, 5) is 0. The smallest absolute Gasteiger partial charge is 0.0402 e. The monoisotopic (exact) mass is 206 g/mol. The predicted octanol–water partition coefficient (Wildman–Crippen LogP) is 3.32. The second kappa shape index (κ2) is 5.06. The van der Waals surface area contributed by atoms with Crippen molar-refractivity contribution in [1.29, 1.82) is 0 Å². The van der Waals surface area contributed by atoms with E-state index in [0.29, 0.717) is 5.92 Å². The van der Waals surface area contributed by atoms with Crippen LogP contribution in [0.4, 0.5) is 11.4 Å². The minimum Gasteiger partial charge on any atom is -0.398 e. The first-order valence-corrected chi connectivity index (χ1v) is 5.78. The van der Waals surface area contributed by atoms with Gasteiger partial charge in [0.15, 0.2) is 0 Å². The van der Waals surface area contributed by atoms with Crippen molar-refractivity contribution < 1.29 is 0 Å². The van der Waals surface area contributed by atoms with Gasteiger partial charge in [0, 0.05) is 11.4 Å². The van der Waals surface area contributed by atoms with Gasteiger partial charge in [0.25, 0.3) is 0 Å². The Morgan fingerprint density at radius 1 is 1.20 bits per heavy atom. The Labute approximate surface area is 92.7 Å². The maximum atomic E-state index is 6.17. The van der Waals surface area contributed by atoms with Crippen molar-refractivity contribution in [2.45, 2.75) is 46.0 Å². The minimum absolute atomic E-state index is 0.515. The van der Waals surface area contributed by atoms with Gasteiger partial charge in [-0.1, -0.05) is 33.3 Å². The van der Waals surface area contributed by atoms with Crippen LogP contribution in [0, 0.1) is 0 Å². The van der Waals surface area contributed by atoms with Gasteiger partial charge in [-0.25, -0.2) is 0 Å². The zero-order valence-electron chi connectivity index (χ0n) is 10.0. The summed E-state index contributed by atoms with van der Waals surface area (Å²) < 4.78 is 0. The van der Waals surface area contributed by atoms with Gasteiger partial charge in [-0.3, -0.25) is 0 Å². The summed E-state index contributed by atoms with van der Waals surface area (Å²) in [7, 11) is 0. The number of hydrogen-bond donors (Lipinski definition) is 2. The van der Waals surface area contributed by atoms with E-state index < -0.39 is 0 Å². The lowest BCUT2D eigenvalue weighted by atomic mass is 9.92. The maximum Gasteiger partial charge on any atom is 0.0402 e. The van der Waals surface area contributed by atoms with Gasteiger partial charge < -0.3 is 11.5 Å². The third-order valence-corrected chi connectivity index (χ3v) is 3.07. The zero-order chi connectivity index (χ0) is 11.4. The fourth-order valence-electron chi connectivity index (χ4n) is 1.88. The molecule has 0 aliphatic heterocycles. The standard InChI is InChI=1S/C13H22N2/c1-4-6-11-12(14)8-7-10(13(11)15)9(3)5-2/h7-9H,4-6,14-15H2,1-3H3. The van der Waals surface area contributed by atoms with Crippen LogP contribution in [0.5, 0.6) is 0 Å². The lowest BCUT2D eigenvalue weighted by molar-refractivity contribution is 0.734. The van der Waals surface area contributed by atoms with Crippen LogP contribution in [0.3, 0.4) is 0 Å². The number of anilines is 2. The van der Waals surface area contributed by atoms with Crippen molar-refractivity contribution >= 4 is 11.4 Å². The Balaban J connectivity index is 3.15. The zero-order valence-corrected chi connectivity index (χ0v) is 10.0. The van der Waals surface area contributed by atoms with Crippen molar-refractivity contribution in [1.82, 2.24) is 0 Å². The molecular formula is C13H22N2. The summed E-state index contributed by atoms with van der Waals surface area (Å²) in [6.45, 7) is 6.53. The summed E-state index contributed by atoms with van der Waals surface area (Å²) in [6.07, 6.45) is 3.17. The third-order valence-electron chi connectivity index (χ3n) is 3.07. The Morgan fingerprint density at radius 3 is 2.40 bits per heavy atom. The number of nitrogens with two attached hydrogens (primary N) is 2. The fraction of sp³-hybridized carbons (Fsp3) is 0.538. The normalized spacial score (nSPS) is 12.7. The highest BCUT2D eigenvalue weighted by Gasteiger charge is 2.12. The van der Waals surface area contributed by atoms with Crippen LogP contribution in [-0.2, 0) is 6.42 Å². The van der Waals surface area contributed by atoms with E-state index in [1.165, 1.54) is 5.56 Å². The number of hydrogen-bond acceptors (Lipinski definition) is 2. The number of nitrogen functional groups attached to an aromatic ring is 2. The molecule has 2 nitrogen and oxygen atoms in total. The van der Waals surface area contributed by atoms with Crippen molar-refractivity contribution in [2.75, 3.05) is 11.5 Å². The molecule has 0 fully saturated rings. The molecule has 0 saturated carbocycles. The average molecular weight is 206 g/mol. The summed E-state index contributed by atoms with van der Waals surface area (Å²) in [6, 6.07) is 4.06. The second-order valence-corrected chi connectivity index (χ2v) is 4.20. The molecule has 0 aliphatic carbocycles. The summed E-state index contributed by atoms with van der Waals surface area (Å²) in [5, 5.41) is 0. The third kappa shape index (κ3) is 2.44. The van der Waals surface area contributed by atoms with Crippen LogP contribution in [0.25, 0.3) is 0 Å². The van der Waals surface area contributed by atoms with Crippen LogP contribution in [0.15, 0.2) is 12.1 Å². The Hall–Kier alpha value is -1.18. The molecule has 1 unspecified atom stereocenters. The van der Waals surface area contributed by atoms with Gasteiger partial charge in [-0.15, -0.1) is 0 Å². The van der Waals surface area contributed by atoms with E-state index in [0.717, 1.165) is 36.2 Å². The molecule has 0 aliphatic rings. The number of benzene rings is 1. The molecule has 0 radical (unpaired) electrons. The van der Waals surface area contributed by atoms with E-state index in [-0.39, 0.29) is 0 Å². The Kier molecular flexibility index (Phi) is 4.01. The molecule has 84 valence electrons. The van der Waals surface area contributed by atoms with Gasteiger partial charge in [-0.2, -0.15) is 0 Å². The highest BCUT2D eigenvalue weighted by atomic mass is 14.6. The van der Waals surface area contributed by atoms with Crippen LogP contribution >= 0.6 is 0 Å². The summed E-state index contributed by atoms with van der Waals surface area (Å²) >= 11 is 0. The molecule has 1 aromatic rings. The quantitative estimate of drug-likeness (QED) is 0.742. The molecule has 0 saturated heterocycles. The molecule has 0 bridgehead atoms. The van der Waals surface area contributed by atoms with E-state index in [2.05, 4.69) is 26.8 Å². The molecule has 4 N–H and O–H groups in total. The van der Waals surface area contributed by atoms with Gasteiger partial charge in [0.1, 0.15) is 0 Å². The van der Waals surface area contributed by atoms with Crippen LogP contribution < -0.4 is 11.5 Å². The van der Waals surface area contributed by atoms with Crippen LogP contribution in [-0.4, -0.2) is 0 Å². The van der Waals surface area contributed by atoms with Gasteiger partial charge in [-0.05, 0) is 36.0 Å². The first kappa shape index (κ1) is 11.9. The van der Waals surface area contributed by atoms with Crippen molar-refractivity contribution in [3.63, 3.8) is 0 Å². The molecule has 0 heterocycles. The fourth-order valence-corrected chi connectivity index (χ4v) is 1.88. The topological polar surface area (TPSA) is 52.0 Å².